The van der Waals surface area contributed by atoms with Crippen LogP contribution in [0.4, 0.5) is 0 Å². The molecule has 0 amide bonds. The summed E-state index contributed by atoms with van der Waals surface area (Å²) in [4.78, 5) is 51.3. The van der Waals surface area contributed by atoms with Gasteiger partial charge in [-0.1, -0.05) is 0 Å². The molecule has 0 saturated carbocycles. The first kappa shape index (κ1) is 30.9. The molecule has 0 N–H and O–H groups in total. The van der Waals surface area contributed by atoms with Crippen LogP contribution in [-0.4, -0.2) is 0 Å². The fraction of sp³-hybridized carbons (Fsp3) is 0. The molecule has 0 aliphatic carbocycles. The van der Waals surface area contributed by atoms with Gasteiger partial charge < -0.3 is 38.5 Å². The first-order valence-electron chi connectivity index (χ1n) is 1.46. The van der Waals surface area contributed by atoms with Crippen molar-refractivity contribution in [2.75, 3.05) is 0 Å². The van der Waals surface area contributed by atoms with Crippen LogP contribution in [0.3, 0.4) is 0 Å². The van der Waals surface area contributed by atoms with Crippen LogP contribution in [0, 0.1) is 0 Å². The summed E-state index contributed by atoms with van der Waals surface area (Å²) in [6.07, 6.45) is 0. The summed E-state index contributed by atoms with van der Waals surface area (Å²) in [5.41, 5.74) is 0. The van der Waals surface area contributed by atoms with E-state index in [-0.39, 0.29) is 158 Å². The minimum Gasteiger partial charge on any atom is -0.822 e. The van der Waals surface area contributed by atoms with Gasteiger partial charge in [0.15, 0.2) is 0 Å². The van der Waals surface area contributed by atoms with Crippen LogP contribution < -0.4 is 184 Å². The molecule has 0 saturated heterocycles. The molecule has 0 unspecified atom stereocenters. The maximum Gasteiger partial charge on any atom is 1.00 e. The second-order valence-corrected chi connectivity index (χ2v) is 2.68. The standard InChI is InChI=1S/3K.2H3O4P/c;;;2*1-5(2,3)4/h;;;2*(H3,1,2,3,4)/q3*+1;;/p-3. The summed E-state index contributed by atoms with van der Waals surface area (Å²) in [5, 5.41) is 0. The fourth-order valence-electron chi connectivity index (χ4n) is 0. The summed E-state index contributed by atoms with van der Waals surface area (Å²) >= 11 is 0. The Morgan fingerprint density at radius 1 is 0.615 bits per heavy atom. The monoisotopic (exact) mass is 310 g/mol. The van der Waals surface area contributed by atoms with Crippen LogP contribution in [-0.2, 0) is 9.13 Å². The first-order chi connectivity index (χ1) is 4.00. The third-order valence-corrected chi connectivity index (χ3v) is 0. The molecular weight excluding hydrogens is 307 g/mol. The number of phosphoric acid groups is 2. The van der Waals surface area contributed by atoms with Gasteiger partial charge in [-0.15, -0.1) is 0 Å². The number of rotatable bonds is 0. The van der Waals surface area contributed by atoms with Gasteiger partial charge in [-0.3, -0.25) is 0 Å². The zero-order valence-corrected chi connectivity index (χ0v) is 18.3. The Kier molecular flexibility index (Phi) is 36.1. The van der Waals surface area contributed by atoms with Gasteiger partial charge >= 0.3 is 158 Å². The van der Waals surface area contributed by atoms with E-state index in [0.29, 0.717) is 0 Å². The smallest absolute Gasteiger partial charge is 0.822 e. The minimum absolute atomic E-state index is 0. The van der Waals surface area contributed by atoms with Crippen molar-refractivity contribution in [1.29, 1.82) is 0 Å². The zero-order valence-electron chi connectivity index (χ0n) is 10.2. The quantitative estimate of drug-likeness (QED) is 0.313. The molecule has 0 fully saturated rings. The van der Waals surface area contributed by atoms with E-state index in [4.69, 9.17) is 38.5 Å². The van der Waals surface area contributed by atoms with E-state index in [9.17, 15) is 0 Å². The van der Waals surface area contributed by atoms with Gasteiger partial charge in [0.05, 0.1) is 0 Å². The molecule has 0 atom stereocenters. The Morgan fingerprint density at radius 2 is 0.615 bits per heavy atom. The number of hydrogen-bond donors (Lipinski definition) is 0. The molecule has 13 heavy (non-hydrogen) atoms. The molecular formula is H3K3O8P2. The van der Waals surface area contributed by atoms with Crippen LogP contribution in [0.2, 0.25) is 0 Å². The Morgan fingerprint density at radius 3 is 0.615 bits per heavy atom. The van der Waals surface area contributed by atoms with Crippen molar-refractivity contribution in [2.45, 2.75) is 0 Å². The van der Waals surface area contributed by atoms with Gasteiger partial charge in [-0.25, -0.2) is 0 Å². The van der Waals surface area contributed by atoms with Crippen molar-refractivity contribution in [3.8, 4) is 0 Å². The molecule has 13 heteroatoms. The third-order valence-electron chi connectivity index (χ3n) is 0. The molecule has 0 aliphatic heterocycles. The summed E-state index contributed by atoms with van der Waals surface area (Å²) in [7, 11) is -10.8. The zero-order chi connectivity index (χ0) is 9.00. The molecule has 0 bridgehead atoms. The predicted octanol–water partition coefficient (Wildman–Crippen LogP) is -14.3. The third kappa shape index (κ3) is 149. The van der Waals surface area contributed by atoms with Crippen molar-refractivity contribution in [1.82, 2.24) is 0 Å². The van der Waals surface area contributed by atoms with Crippen molar-refractivity contribution in [2.24, 2.45) is 0 Å². The Bertz CT molecular complexity index is 141. The van der Waals surface area contributed by atoms with Crippen LogP contribution in [0.15, 0.2) is 0 Å². The molecule has 0 aromatic rings. The SMILES string of the molecule is O=P([O-])([O-])[O-].O=P([O-])([O-])[O-].[H+].[H+].[H+].[K+].[K+].[K+]. The first-order valence-corrected chi connectivity index (χ1v) is 4.38. The van der Waals surface area contributed by atoms with Gasteiger partial charge in [-0.2, -0.15) is 15.6 Å². The Balaban J connectivity index is -0.00000000970. The van der Waals surface area contributed by atoms with E-state index in [2.05, 4.69) is 0 Å². The molecule has 0 heterocycles. The maximum absolute atomic E-state index is 8.55. The maximum atomic E-state index is 8.55. The van der Waals surface area contributed by atoms with Gasteiger partial charge in [0, 0.05) is 0 Å². The van der Waals surface area contributed by atoms with Crippen LogP contribution in [0.5, 0.6) is 0 Å². The average molecular weight is 310 g/mol. The Hall–Kier alpha value is 5.13. The summed E-state index contributed by atoms with van der Waals surface area (Å²) in [6, 6.07) is 0. The Labute approximate surface area is 206 Å². The van der Waals surface area contributed by atoms with Crippen LogP contribution in [0.1, 0.15) is 4.28 Å². The van der Waals surface area contributed by atoms with E-state index in [1.165, 1.54) is 0 Å². The van der Waals surface area contributed by atoms with E-state index < -0.39 is 15.6 Å². The van der Waals surface area contributed by atoms with Crippen molar-refractivity contribution in [3.05, 3.63) is 0 Å². The van der Waals surface area contributed by atoms with Crippen molar-refractivity contribution >= 4 is 15.6 Å². The normalized spacial score (nSPS) is 9.08. The van der Waals surface area contributed by atoms with Crippen LogP contribution >= 0.6 is 15.6 Å². The molecule has 0 radical (unpaired) electrons. The summed E-state index contributed by atoms with van der Waals surface area (Å²) in [6.45, 7) is 0. The van der Waals surface area contributed by atoms with E-state index >= 15 is 0 Å². The van der Waals surface area contributed by atoms with Crippen molar-refractivity contribution in [3.63, 3.8) is 0 Å². The minimum atomic E-state index is -5.39. The summed E-state index contributed by atoms with van der Waals surface area (Å²) < 4.78 is 17.1. The molecule has 64 valence electrons. The predicted molar refractivity (Wildman–Crippen MR) is 18.5 cm³/mol. The van der Waals surface area contributed by atoms with Gasteiger partial charge in [0.25, 0.3) is 0 Å². The largest absolute Gasteiger partial charge is 1.00 e. The van der Waals surface area contributed by atoms with Gasteiger partial charge in [-0.05, 0) is 0 Å². The molecule has 0 aromatic heterocycles. The van der Waals surface area contributed by atoms with Crippen LogP contribution in [0.25, 0.3) is 0 Å². The second-order valence-electron chi connectivity index (χ2n) is 0.894. The average Bonchev–Trinajstić information content (AvgIpc) is 1.12. The molecule has 0 rings (SSSR count). The molecule has 0 aromatic carbocycles. The van der Waals surface area contributed by atoms with Gasteiger partial charge in [0.2, 0.25) is 0 Å². The van der Waals surface area contributed by atoms with Crippen molar-refractivity contribution < 1.29 is 197 Å². The fourth-order valence-corrected chi connectivity index (χ4v) is 0. The van der Waals surface area contributed by atoms with Gasteiger partial charge in [0.1, 0.15) is 0 Å². The van der Waals surface area contributed by atoms with E-state index in [1.807, 2.05) is 0 Å². The summed E-state index contributed by atoms with van der Waals surface area (Å²) in [5.74, 6) is 0. The van der Waals surface area contributed by atoms with E-state index in [0.717, 1.165) is 0 Å². The second kappa shape index (κ2) is 15.2. The topological polar surface area (TPSA) is 172 Å². The molecule has 8 nitrogen and oxygen atoms in total. The molecule has 0 aliphatic rings. The number of hydrogen-bond acceptors (Lipinski definition) is 8. The van der Waals surface area contributed by atoms with E-state index in [1.54, 1.807) is 0 Å². The molecule has 0 spiro atoms.